The van der Waals surface area contributed by atoms with Gasteiger partial charge in [-0.2, -0.15) is 0 Å². The molecular weight excluding hydrogens is 453 g/mol. The molecule has 0 spiro atoms. The number of urea groups is 1. The number of carbonyl (C=O) groups is 3. The number of nitrogens with zero attached hydrogens (tertiary/aromatic N) is 1. The second-order valence-corrected chi connectivity index (χ2v) is 7.71. The molecule has 3 rings (SSSR count). The summed E-state index contributed by atoms with van der Waals surface area (Å²) >= 11 is 6.36. The van der Waals surface area contributed by atoms with Crippen LogP contribution in [0.4, 0.5) is 14.9 Å². The van der Waals surface area contributed by atoms with Crippen LogP contribution in [-0.4, -0.2) is 42.5 Å². The molecule has 10 heteroatoms. The lowest BCUT2D eigenvalue weighted by atomic mass is 10.1. The molecule has 1 saturated heterocycles. The normalized spacial score (nSPS) is 15.4. The molecule has 0 aromatic heterocycles. The highest BCUT2D eigenvalue weighted by atomic mass is 35.5. The fourth-order valence-corrected chi connectivity index (χ4v) is 3.24. The molecule has 1 aliphatic heterocycles. The smallest absolute Gasteiger partial charge is 0.329 e. The minimum Gasteiger partial charge on any atom is -0.493 e. The van der Waals surface area contributed by atoms with Crippen LogP contribution in [0.25, 0.3) is 6.08 Å². The maximum Gasteiger partial charge on any atom is 0.329 e. The molecule has 0 aliphatic carbocycles. The van der Waals surface area contributed by atoms with Crippen molar-refractivity contribution < 1.29 is 28.2 Å². The first kappa shape index (κ1) is 24.1. The summed E-state index contributed by atoms with van der Waals surface area (Å²) in [4.78, 5) is 38.0. The van der Waals surface area contributed by atoms with Crippen molar-refractivity contribution in [2.45, 2.75) is 26.4 Å². The number of methoxy groups -OCH3 is 1. The standard InChI is InChI=1S/C23H23ClFN3O5/c1-4-13(2)33-21-17(24)9-14(11-19(21)32-3)10-18-22(30)28(23(31)27-18)12-20(29)26-16-7-5-15(25)6-8-16/h5-11,13H,4,12H2,1-3H3,(H,26,29)(H,27,31). The molecule has 1 heterocycles. The van der Waals surface area contributed by atoms with E-state index in [4.69, 9.17) is 21.1 Å². The van der Waals surface area contributed by atoms with Crippen molar-refractivity contribution >= 4 is 41.2 Å². The second-order valence-electron chi connectivity index (χ2n) is 7.31. The summed E-state index contributed by atoms with van der Waals surface area (Å²) in [5.41, 5.74) is 0.809. The van der Waals surface area contributed by atoms with E-state index >= 15 is 0 Å². The van der Waals surface area contributed by atoms with Gasteiger partial charge >= 0.3 is 6.03 Å². The number of carbonyl (C=O) groups excluding carboxylic acids is 3. The Balaban J connectivity index is 1.75. The van der Waals surface area contributed by atoms with Gasteiger partial charge in [0.1, 0.15) is 18.1 Å². The van der Waals surface area contributed by atoms with E-state index in [1.165, 1.54) is 37.5 Å². The summed E-state index contributed by atoms with van der Waals surface area (Å²) in [5.74, 6) is -0.974. The number of hydrogen-bond donors (Lipinski definition) is 2. The third kappa shape index (κ3) is 5.81. The number of benzene rings is 2. The number of imide groups is 1. The zero-order valence-corrected chi connectivity index (χ0v) is 19.0. The minimum atomic E-state index is -0.740. The summed E-state index contributed by atoms with van der Waals surface area (Å²) in [6, 6.07) is 7.58. The Hall–Kier alpha value is -3.59. The molecule has 1 fully saturated rings. The van der Waals surface area contributed by atoms with Gasteiger partial charge in [0, 0.05) is 5.69 Å². The van der Waals surface area contributed by atoms with Gasteiger partial charge in [0.15, 0.2) is 11.5 Å². The molecule has 0 saturated carbocycles. The maximum atomic E-state index is 13.0. The van der Waals surface area contributed by atoms with Crippen molar-refractivity contribution in [3.05, 3.63) is 58.5 Å². The van der Waals surface area contributed by atoms with Gasteiger partial charge in [0.25, 0.3) is 5.91 Å². The molecule has 174 valence electrons. The Morgan fingerprint density at radius 2 is 1.97 bits per heavy atom. The average Bonchev–Trinajstić information content (AvgIpc) is 3.04. The van der Waals surface area contributed by atoms with E-state index in [0.717, 1.165) is 11.3 Å². The van der Waals surface area contributed by atoms with E-state index in [2.05, 4.69) is 10.6 Å². The van der Waals surface area contributed by atoms with E-state index in [0.29, 0.717) is 22.7 Å². The first-order chi connectivity index (χ1) is 15.7. The predicted molar refractivity (Wildman–Crippen MR) is 122 cm³/mol. The summed E-state index contributed by atoms with van der Waals surface area (Å²) in [6.07, 6.45) is 2.13. The Morgan fingerprint density at radius 3 is 2.61 bits per heavy atom. The second kappa shape index (κ2) is 10.4. The molecule has 1 atom stereocenters. The van der Waals surface area contributed by atoms with Crippen LogP contribution in [0.1, 0.15) is 25.8 Å². The number of hydrogen-bond acceptors (Lipinski definition) is 5. The van der Waals surface area contributed by atoms with Gasteiger partial charge < -0.3 is 20.1 Å². The van der Waals surface area contributed by atoms with Gasteiger partial charge in [0.2, 0.25) is 5.91 Å². The first-order valence-corrected chi connectivity index (χ1v) is 10.5. The predicted octanol–water partition coefficient (Wildman–Crippen LogP) is 4.20. The lowest BCUT2D eigenvalue weighted by Gasteiger charge is -2.17. The SMILES string of the molecule is CCC(C)Oc1c(Cl)cc(C=C2NC(=O)N(CC(=O)Nc3ccc(F)cc3)C2=O)cc1OC. The molecule has 4 amide bonds. The Kier molecular flexibility index (Phi) is 7.55. The lowest BCUT2D eigenvalue weighted by molar-refractivity contribution is -0.127. The fourth-order valence-electron chi connectivity index (χ4n) is 2.98. The Bertz CT molecular complexity index is 1100. The van der Waals surface area contributed by atoms with Gasteiger partial charge in [-0.15, -0.1) is 0 Å². The van der Waals surface area contributed by atoms with Crippen molar-refractivity contribution in [2.75, 3.05) is 19.0 Å². The molecule has 1 unspecified atom stereocenters. The van der Waals surface area contributed by atoms with Gasteiger partial charge in [0.05, 0.1) is 18.2 Å². The van der Waals surface area contributed by atoms with E-state index in [1.54, 1.807) is 12.1 Å². The van der Waals surface area contributed by atoms with Gasteiger partial charge in [-0.25, -0.2) is 14.1 Å². The highest BCUT2D eigenvalue weighted by Gasteiger charge is 2.35. The number of ether oxygens (including phenoxy) is 2. The molecule has 0 bridgehead atoms. The highest BCUT2D eigenvalue weighted by Crippen LogP contribution is 2.38. The van der Waals surface area contributed by atoms with E-state index in [-0.39, 0.29) is 16.8 Å². The number of anilines is 1. The molecular formula is C23H23ClFN3O5. The Morgan fingerprint density at radius 1 is 1.27 bits per heavy atom. The van der Waals surface area contributed by atoms with Gasteiger partial charge in [-0.05, 0) is 61.4 Å². The maximum absolute atomic E-state index is 13.0. The zero-order chi connectivity index (χ0) is 24.1. The number of rotatable bonds is 8. The van der Waals surface area contributed by atoms with Crippen molar-refractivity contribution in [2.24, 2.45) is 0 Å². The zero-order valence-electron chi connectivity index (χ0n) is 18.3. The first-order valence-electron chi connectivity index (χ1n) is 10.2. The molecule has 8 nitrogen and oxygen atoms in total. The van der Waals surface area contributed by atoms with Crippen LogP contribution in [-0.2, 0) is 9.59 Å². The van der Waals surface area contributed by atoms with Gasteiger partial charge in [-0.3, -0.25) is 9.59 Å². The van der Waals surface area contributed by atoms with Crippen LogP contribution in [0.15, 0.2) is 42.1 Å². The van der Waals surface area contributed by atoms with E-state index < -0.39 is 30.2 Å². The third-order valence-electron chi connectivity index (χ3n) is 4.85. The van der Waals surface area contributed by atoms with E-state index in [9.17, 15) is 18.8 Å². The van der Waals surface area contributed by atoms with Crippen LogP contribution in [0.5, 0.6) is 11.5 Å². The Labute approximate surface area is 195 Å². The van der Waals surface area contributed by atoms with Crippen molar-refractivity contribution in [3.8, 4) is 11.5 Å². The van der Waals surface area contributed by atoms with Gasteiger partial charge in [-0.1, -0.05) is 18.5 Å². The molecule has 1 aliphatic rings. The number of halogens is 2. The average molecular weight is 476 g/mol. The molecule has 2 aromatic rings. The summed E-state index contributed by atoms with van der Waals surface area (Å²) < 4.78 is 24.2. The molecule has 33 heavy (non-hydrogen) atoms. The monoisotopic (exact) mass is 475 g/mol. The van der Waals surface area contributed by atoms with Crippen LogP contribution in [0.2, 0.25) is 5.02 Å². The van der Waals surface area contributed by atoms with Crippen molar-refractivity contribution in [1.29, 1.82) is 0 Å². The van der Waals surface area contributed by atoms with Crippen molar-refractivity contribution in [1.82, 2.24) is 10.2 Å². The quantitative estimate of drug-likeness (QED) is 0.440. The van der Waals surface area contributed by atoms with Crippen LogP contribution in [0, 0.1) is 5.82 Å². The largest absolute Gasteiger partial charge is 0.493 e. The van der Waals surface area contributed by atoms with Crippen molar-refractivity contribution in [3.63, 3.8) is 0 Å². The minimum absolute atomic E-state index is 0.0247. The summed E-state index contributed by atoms with van der Waals surface area (Å²) in [7, 11) is 1.47. The molecule has 2 N–H and O–H groups in total. The molecule has 2 aromatic carbocycles. The van der Waals surface area contributed by atoms with Crippen LogP contribution < -0.4 is 20.1 Å². The fraction of sp³-hybridized carbons (Fsp3) is 0.261. The molecule has 0 radical (unpaired) electrons. The summed E-state index contributed by atoms with van der Waals surface area (Å²) in [6.45, 7) is 3.37. The summed E-state index contributed by atoms with van der Waals surface area (Å²) in [5, 5.41) is 5.24. The topological polar surface area (TPSA) is 97.0 Å². The lowest BCUT2D eigenvalue weighted by Crippen LogP contribution is -2.38. The highest BCUT2D eigenvalue weighted by molar-refractivity contribution is 6.32. The van der Waals surface area contributed by atoms with Crippen LogP contribution in [0.3, 0.4) is 0 Å². The number of nitrogens with one attached hydrogen (secondary N) is 2. The number of amides is 4. The van der Waals surface area contributed by atoms with E-state index in [1.807, 2.05) is 13.8 Å². The third-order valence-corrected chi connectivity index (χ3v) is 5.13. The van der Waals surface area contributed by atoms with Crippen LogP contribution >= 0.6 is 11.6 Å².